The average molecular weight is 398 g/mol. The molecule has 0 radical (unpaired) electrons. The van der Waals surface area contributed by atoms with Crippen molar-refractivity contribution in [2.24, 2.45) is 0 Å². The summed E-state index contributed by atoms with van der Waals surface area (Å²) < 4.78 is 5.49. The van der Waals surface area contributed by atoms with Gasteiger partial charge in [0.05, 0.1) is 17.7 Å². The Morgan fingerprint density at radius 2 is 2.18 bits per heavy atom. The molecule has 5 rings (SSSR count). The van der Waals surface area contributed by atoms with Gasteiger partial charge in [-0.25, -0.2) is 4.98 Å². The van der Waals surface area contributed by atoms with Crippen molar-refractivity contribution in [1.29, 1.82) is 0 Å². The Hall–Kier alpha value is -2.41. The Morgan fingerprint density at radius 3 is 3.11 bits per heavy atom. The van der Waals surface area contributed by atoms with E-state index < -0.39 is 0 Å². The third-order valence-electron chi connectivity index (χ3n) is 5.85. The van der Waals surface area contributed by atoms with E-state index in [0.29, 0.717) is 18.7 Å². The highest BCUT2D eigenvalue weighted by Crippen LogP contribution is 2.33. The number of thiophene rings is 1. The Balaban J connectivity index is 1.29. The van der Waals surface area contributed by atoms with Crippen LogP contribution < -0.4 is 10.9 Å². The molecule has 3 heterocycles. The van der Waals surface area contributed by atoms with Gasteiger partial charge in [-0.15, -0.1) is 11.3 Å². The number of fused-ring (bicyclic) bond motifs is 4. The quantitative estimate of drug-likeness (QED) is 0.704. The molecule has 0 saturated heterocycles. The van der Waals surface area contributed by atoms with Gasteiger partial charge in [-0.1, -0.05) is 0 Å². The third kappa shape index (κ3) is 3.17. The van der Waals surface area contributed by atoms with E-state index in [2.05, 4.69) is 15.3 Å². The average Bonchev–Trinajstić information content (AvgIpc) is 3.31. The number of H-pyrrole nitrogens is 1. The van der Waals surface area contributed by atoms with Crippen LogP contribution in [0.5, 0.6) is 0 Å². The van der Waals surface area contributed by atoms with Crippen molar-refractivity contribution in [1.82, 2.24) is 15.3 Å². The number of carbonyl (C=O) groups is 1. The molecule has 0 fully saturated rings. The third-order valence-corrected chi connectivity index (χ3v) is 7.04. The van der Waals surface area contributed by atoms with Gasteiger partial charge in [-0.05, 0) is 50.2 Å². The lowest BCUT2D eigenvalue weighted by Crippen LogP contribution is -2.30. The Kier molecular flexibility index (Phi) is 4.55. The van der Waals surface area contributed by atoms with Gasteiger partial charge in [0.25, 0.3) is 5.56 Å². The molecular formula is C21H23N3O3S. The Labute approximate surface area is 166 Å². The van der Waals surface area contributed by atoms with Crippen LogP contribution in [-0.2, 0) is 30.5 Å². The standard InChI is InChI=1S/C21H23N3O3S/c25-18(22-14-5-3-6-15-12(14)10-11-27-15)9-8-17-23-20(26)19-13-4-1-2-7-16(13)28-21(19)24-17/h10-11,14H,1-9H2,(H,22,25)(H,23,24,26). The van der Waals surface area contributed by atoms with Crippen LogP contribution >= 0.6 is 11.3 Å². The predicted octanol–water partition coefficient (Wildman–Crippen LogP) is 3.58. The molecule has 1 atom stereocenters. The van der Waals surface area contributed by atoms with Gasteiger partial charge >= 0.3 is 0 Å². The summed E-state index contributed by atoms with van der Waals surface area (Å²) in [5.41, 5.74) is 2.23. The summed E-state index contributed by atoms with van der Waals surface area (Å²) in [6, 6.07) is 1.97. The lowest BCUT2D eigenvalue weighted by atomic mass is 9.93. The Morgan fingerprint density at radius 1 is 1.29 bits per heavy atom. The minimum Gasteiger partial charge on any atom is -0.469 e. The van der Waals surface area contributed by atoms with Gasteiger partial charge in [0.2, 0.25) is 5.91 Å². The highest BCUT2D eigenvalue weighted by Gasteiger charge is 2.24. The number of carbonyl (C=O) groups excluding carboxylic acids is 1. The van der Waals surface area contributed by atoms with Crippen molar-refractivity contribution in [3.05, 3.63) is 50.3 Å². The molecule has 2 aliphatic carbocycles. The number of hydrogen-bond donors (Lipinski definition) is 2. The van der Waals surface area contributed by atoms with Crippen LogP contribution in [-0.4, -0.2) is 15.9 Å². The van der Waals surface area contributed by atoms with Crippen LogP contribution in [0.15, 0.2) is 21.5 Å². The van der Waals surface area contributed by atoms with Crippen LogP contribution in [0.4, 0.5) is 0 Å². The molecule has 3 aromatic rings. The molecule has 28 heavy (non-hydrogen) atoms. The fraction of sp³-hybridized carbons (Fsp3) is 0.476. The maximum Gasteiger partial charge on any atom is 0.259 e. The first-order chi connectivity index (χ1) is 13.7. The fourth-order valence-electron chi connectivity index (χ4n) is 4.46. The molecule has 0 spiro atoms. The van der Waals surface area contributed by atoms with Crippen LogP contribution in [0, 0.1) is 0 Å². The molecule has 146 valence electrons. The molecule has 0 aliphatic heterocycles. The van der Waals surface area contributed by atoms with E-state index in [0.717, 1.165) is 60.1 Å². The summed E-state index contributed by atoms with van der Waals surface area (Å²) in [4.78, 5) is 34.8. The van der Waals surface area contributed by atoms with Crippen LogP contribution in [0.25, 0.3) is 10.2 Å². The second kappa shape index (κ2) is 7.20. The molecule has 0 saturated carbocycles. The maximum absolute atomic E-state index is 12.6. The van der Waals surface area contributed by atoms with E-state index in [-0.39, 0.29) is 17.5 Å². The second-order valence-electron chi connectivity index (χ2n) is 7.72. The highest BCUT2D eigenvalue weighted by molar-refractivity contribution is 7.18. The molecule has 2 N–H and O–H groups in total. The van der Waals surface area contributed by atoms with Crippen LogP contribution in [0.2, 0.25) is 0 Å². The lowest BCUT2D eigenvalue weighted by Gasteiger charge is -2.22. The molecule has 7 heteroatoms. The first kappa shape index (κ1) is 17.7. The molecule has 2 aliphatic rings. The van der Waals surface area contributed by atoms with Crippen molar-refractivity contribution in [3.63, 3.8) is 0 Å². The second-order valence-corrected chi connectivity index (χ2v) is 8.80. The topological polar surface area (TPSA) is 88.0 Å². The number of aromatic amines is 1. The van der Waals surface area contributed by atoms with E-state index in [1.807, 2.05) is 6.07 Å². The number of amides is 1. The van der Waals surface area contributed by atoms with Crippen molar-refractivity contribution in [2.75, 3.05) is 0 Å². The summed E-state index contributed by atoms with van der Waals surface area (Å²) in [6.07, 6.45) is 9.66. The van der Waals surface area contributed by atoms with Gasteiger partial charge in [-0.3, -0.25) is 9.59 Å². The van der Waals surface area contributed by atoms with Gasteiger partial charge in [-0.2, -0.15) is 0 Å². The van der Waals surface area contributed by atoms with Gasteiger partial charge in [0.1, 0.15) is 16.4 Å². The van der Waals surface area contributed by atoms with E-state index >= 15 is 0 Å². The van der Waals surface area contributed by atoms with Gasteiger partial charge in [0.15, 0.2) is 0 Å². The number of nitrogens with one attached hydrogen (secondary N) is 2. The zero-order chi connectivity index (χ0) is 19.1. The number of aryl methyl sites for hydroxylation is 4. The van der Waals surface area contributed by atoms with E-state index in [4.69, 9.17) is 4.42 Å². The predicted molar refractivity (Wildman–Crippen MR) is 108 cm³/mol. The fourth-order valence-corrected chi connectivity index (χ4v) is 5.74. The van der Waals surface area contributed by atoms with Crippen LogP contribution in [0.3, 0.4) is 0 Å². The van der Waals surface area contributed by atoms with Crippen molar-refractivity contribution < 1.29 is 9.21 Å². The maximum atomic E-state index is 12.6. The first-order valence-corrected chi connectivity index (χ1v) is 10.9. The molecule has 1 unspecified atom stereocenters. The van der Waals surface area contributed by atoms with Gasteiger partial charge < -0.3 is 14.7 Å². The van der Waals surface area contributed by atoms with E-state index in [1.54, 1.807) is 17.6 Å². The number of aromatic nitrogens is 2. The molecule has 0 aromatic carbocycles. The smallest absolute Gasteiger partial charge is 0.259 e. The minimum absolute atomic E-state index is 0.0210. The minimum atomic E-state index is -0.0601. The van der Waals surface area contributed by atoms with Crippen molar-refractivity contribution in [3.8, 4) is 0 Å². The number of furan rings is 1. The van der Waals surface area contributed by atoms with E-state index in [1.165, 1.54) is 16.9 Å². The van der Waals surface area contributed by atoms with E-state index in [9.17, 15) is 9.59 Å². The van der Waals surface area contributed by atoms with Crippen molar-refractivity contribution in [2.45, 2.75) is 63.8 Å². The van der Waals surface area contributed by atoms with Gasteiger partial charge in [0, 0.05) is 29.7 Å². The number of nitrogens with zero attached hydrogens (tertiary/aromatic N) is 1. The lowest BCUT2D eigenvalue weighted by molar-refractivity contribution is -0.121. The molecular weight excluding hydrogens is 374 g/mol. The zero-order valence-electron chi connectivity index (χ0n) is 15.7. The molecule has 0 bridgehead atoms. The largest absolute Gasteiger partial charge is 0.469 e. The number of hydrogen-bond acceptors (Lipinski definition) is 5. The normalized spacial score (nSPS) is 18.6. The molecule has 3 aromatic heterocycles. The summed E-state index contributed by atoms with van der Waals surface area (Å²) >= 11 is 1.64. The monoisotopic (exact) mass is 397 g/mol. The van der Waals surface area contributed by atoms with Crippen LogP contribution in [0.1, 0.15) is 65.7 Å². The molecule has 6 nitrogen and oxygen atoms in total. The SMILES string of the molecule is O=C(CCc1nc2sc3c(c2c(=O)[nH]1)CCCC3)NC1CCCc2occc21. The first-order valence-electron chi connectivity index (χ1n) is 10.1. The number of rotatable bonds is 4. The molecule has 1 amide bonds. The zero-order valence-corrected chi connectivity index (χ0v) is 16.5. The summed E-state index contributed by atoms with van der Waals surface area (Å²) in [6.45, 7) is 0. The highest BCUT2D eigenvalue weighted by atomic mass is 32.1. The summed E-state index contributed by atoms with van der Waals surface area (Å²) in [5.74, 6) is 1.56. The summed E-state index contributed by atoms with van der Waals surface area (Å²) in [7, 11) is 0. The Bertz CT molecular complexity index is 1090. The summed E-state index contributed by atoms with van der Waals surface area (Å²) in [5, 5.41) is 3.87. The van der Waals surface area contributed by atoms with Crippen molar-refractivity contribution >= 4 is 27.5 Å².